The molecule has 1 atom stereocenters. The summed E-state index contributed by atoms with van der Waals surface area (Å²) in [5.41, 5.74) is 1.80. The Morgan fingerprint density at radius 2 is 1.72 bits per heavy atom. The van der Waals surface area contributed by atoms with Crippen LogP contribution in [0.15, 0.2) is 30.3 Å². The zero-order chi connectivity index (χ0) is 28.4. The second-order valence-electron chi connectivity index (χ2n) is 12.2. The van der Waals surface area contributed by atoms with Gasteiger partial charge >= 0.3 is 0 Å². The molecule has 39 heavy (non-hydrogen) atoms. The minimum Gasteiger partial charge on any atom is -0.364 e. The number of nitrogens with zero attached hydrogens (tertiary/aromatic N) is 3. The van der Waals surface area contributed by atoms with Crippen LogP contribution in [0, 0.1) is 18.2 Å². The quantitative estimate of drug-likeness (QED) is 0.468. The van der Waals surface area contributed by atoms with Crippen molar-refractivity contribution in [3.05, 3.63) is 53.0 Å². The molecule has 2 aromatic heterocycles. The fraction of sp³-hybridized carbons (Fsp3) is 0.414. The standard InChI is InChI=1S/C29H32FN5O4/c1-15-7-10-19(30)23-32-22(24(34(15)23)33-29(5,6)14-28(2,3)4)16-8-9-17-18(13-16)27(39)35(26(17)38)20-11-12-21(36)31-25(20)37/h7-10,13,20,33H,11-12,14H2,1-6H3,(H,31,36,37). The number of imide groups is 2. The number of pyridine rings is 1. The number of aryl methyl sites for hydroxylation is 1. The third-order valence-corrected chi connectivity index (χ3v) is 7.06. The largest absolute Gasteiger partial charge is 0.364 e. The van der Waals surface area contributed by atoms with Gasteiger partial charge in [0.25, 0.3) is 11.8 Å². The molecule has 0 aliphatic carbocycles. The number of amides is 4. The van der Waals surface area contributed by atoms with Crippen LogP contribution in [0.4, 0.5) is 10.2 Å². The molecule has 10 heteroatoms. The topological polar surface area (TPSA) is 113 Å². The lowest BCUT2D eigenvalue weighted by Gasteiger charge is -2.34. The van der Waals surface area contributed by atoms with Crippen molar-refractivity contribution < 1.29 is 23.6 Å². The molecule has 204 valence electrons. The number of hydrogen-bond donors (Lipinski definition) is 2. The van der Waals surface area contributed by atoms with E-state index in [4.69, 9.17) is 0 Å². The van der Waals surface area contributed by atoms with Crippen molar-refractivity contribution in [2.24, 2.45) is 5.41 Å². The summed E-state index contributed by atoms with van der Waals surface area (Å²) < 4.78 is 16.7. The van der Waals surface area contributed by atoms with Gasteiger partial charge in [-0.05, 0) is 63.3 Å². The highest BCUT2D eigenvalue weighted by atomic mass is 19.1. The number of halogens is 1. The molecule has 0 saturated carbocycles. The molecule has 2 aliphatic rings. The summed E-state index contributed by atoms with van der Waals surface area (Å²) >= 11 is 0. The number of carbonyl (C=O) groups excluding carboxylic acids is 4. The van der Waals surface area contributed by atoms with E-state index >= 15 is 0 Å². The highest BCUT2D eigenvalue weighted by molar-refractivity contribution is 6.23. The molecule has 1 aromatic carbocycles. The number of aromatic nitrogens is 2. The maximum Gasteiger partial charge on any atom is 0.262 e. The highest BCUT2D eigenvalue weighted by Gasteiger charge is 2.44. The molecule has 5 rings (SSSR count). The number of piperidine rings is 1. The molecule has 0 bridgehead atoms. The first-order chi connectivity index (χ1) is 18.2. The van der Waals surface area contributed by atoms with Crippen LogP contribution in [-0.2, 0) is 9.59 Å². The van der Waals surface area contributed by atoms with Crippen molar-refractivity contribution >= 4 is 35.1 Å². The van der Waals surface area contributed by atoms with Gasteiger partial charge in [0.1, 0.15) is 17.6 Å². The number of fused-ring (bicyclic) bond motifs is 2. The van der Waals surface area contributed by atoms with E-state index in [2.05, 4.69) is 50.2 Å². The Balaban J connectivity index is 1.60. The summed E-state index contributed by atoms with van der Waals surface area (Å²) in [6.45, 7) is 12.4. The molecule has 4 heterocycles. The average molecular weight is 534 g/mol. The predicted molar refractivity (Wildman–Crippen MR) is 144 cm³/mol. The lowest BCUT2D eigenvalue weighted by Crippen LogP contribution is -2.54. The zero-order valence-corrected chi connectivity index (χ0v) is 22.9. The summed E-state index contributed by atoms with van der Waals surface area (Å²) in [5.74, 6) is -2.20. The molecular formula is C29H32FN5O4. The molecule has 9 nitrogen and oxygen atoms in total. The second-order valence-corrected chi connectivity index (χ2v) is 12.2. The van der Waals surface area contributed by atoms with Crippen molar-refractivity contribution in [3.8, 4) is 11.3 Å². The Morgan fingerprint density at radius 1 is 1.03 bits per heavy atom. The van der Waals surface area contributed by atoms with E-state index in [9.17, 15) is 23.6 Å². The molecule has 1 fully saturated rings. The number of anilines is 1. The van der Waals surface area contributed by atoms with E-state index in [1.54, 1.807) is 22.6 Å². The zero-order valence-electron chi connectivity index (χ0n) is 22.9. The number of benzene rings is 1. The van der Waals surface area contributed by atoms with Crippen molar-refractivity contribution in [1.29, 1.82) is 0 Å². The van der Waals surface area contributed by atoms with Crippen molar-refractivity contribution in [3.63, 3.8) is 0 Å². The van der Waals surface area contributed by atoms with E-state index in [0.717, 1.165) is 17.0 Å². The molecule has 3 aromatic rings. The summed E-state index contributed by atoms with van der Waals surface area (Å²) in [5, 5.41) is 5.78. The highest BCUT2D eigenvalue weighted by Crippen LogP contribution is 2.38. The van der Waals surface area contributed by atoms with Crippen LogP contribution in [0.1, 0.15) is 80.3 Å². The Hall–Kier alpha value is -4.08. The monoisotopic (exact) mass is 533 g/mol. The number of hydrogen-bond acceptors (Lipinski definition) is 6. The van der Waals surface area contributed by atoms with Crippen LogP contribution < -0.4 is 10.6 Å². The number of rotatable bonds is 5. The van der Waals surface area contributed by atoms with Gasteiger partial charge in [-0.2, -0.15) is 0 Å². The van der Waals surface area contributed by atoms with E-state index in [-0.39, 0.29) is 35.0 Å². The van der Waals surface area contributed by atoms with Crippen LogP contribution in [0.3, 0.4) is 0 Å². The first kappa shape index (κ1) is 26.5. The van der Waals surface area contributed by atoms with Crippen LogP contribution in [0.5, 0.6) is 0 Å². The molecular weight excluding hydrogens is 501 g/mol. The molecule has 4 amide bonds. The number of carbonyl (C=O) groups is 4. The smallest absolute Gasteiger partial charge is 0.262 e. The second kappa shape index (κ2) is 9.00. The summed E-state index contributed by atoms with van der Waals surface area (Å²) in [4.78, 5) is 56.1. The van der Waals surface area contributed by atoms with Gasteiger partial charge in [0.2, 0.25) is 11.8 Å². The summed E-state index contributed by atoms with van der Waals surface area (Å²) in [6, 6.07) is 6.77. The molecule has 2 aliphatic heterocycles. The molecule has 1 unspecified atom stereocenters. The number of nitrogens with one attached hydrogen (secondary N) is 2. The van der Waals surface area contributed by atoms with Gasteiger partial charge in [-0.1, -0.05) is 26.8 Å². The van der Waals surface area contributed by atoms with Crippen molar-refractivity contribution in [1.82, 2.24) is 19.6 Å². The van der Waals surface area contributed by atoms with Gasteiger partial charge in [-0.15, -0.1) is 0 Å². The Morgan fingerprint density at radius 3 is 2.38 bits per heavy atom. The third kappa shape index (κ3) is 4.68. The normalized spacial score (nSPS) is 18.1. The maximum atomic E-state index is 15.0. The fourth-order valence-corrected chi connectivity index (χ4v) is 5.89. The van der Waals surface area contributed by atoms with Gasteiger partial charge in [0.15, 0.2) is 11.5 Å². The maximum absolute atomic E-state index is 15.0. The lowest BCUT2D eigenvalue weighted by atomic mass is 9.82. The van der Waals surface area contributed by atoms with E-state index in [1.165, 1.54) is 12.1 Å². The fourth-order valence-electron chi connectivity index (χ4n) is 5.89. The van der Waals surface area contributed by atoms with E-state index in [1.807, 2.05) is 6.92 Å². The van der Waals surface area contributed by atoms with Crippen LogP contribution in [-0.4, -0.2) is 49.5 Å². The third-order valence-electron chi connectivity index (χ3n) is 7.06. The SMILES string of the molecule is Cc1ccc(F)c2nc(-c3ccc4c(c3)C(=O)N(C3CCC(=O)NC3=O)C4=O)c(NC(C)(C)CC(C)(C)C)n12. The Kier molecular flexibility index (Phi) is 6.12. The Bertz CT molecular complexity index is 1570. The minimum absolute atomic E-state index is 0.0112. The minimum atomic E-state index is -1.05. The van der Waals surface area contributed by atoms with Crippen LogP contribution >= 0.6 is 0 Å². The van der Waals surface area contributed by atoms with Gasteiger partial charge in [-0.25, -0.2) is 9.37 Å². The van der Waals surface area contributed by atoms with Gasteiger partial charge in [0.05, 0.1) is 11.1 Å². The van der Waals surface area contributed by atoms with Crippen LogP contribution in [0.2, 0.25) is 0 Å². The van der Waals surface area contributed by atoms with Gasteiger partial charge in [0, 0.05) is 23.2 Å². The van der Waals surface area contributed by atoms with Gasteiger partial charge in [-0.3, -0.25) is 33.8 Å². The predicted octanol–water partition coefficient (Wildman–Crippen LogP) is 4.48. The molecule has 0 radical (unpaired) electrons. The van der Waals surface area contributed by atoms with Crippen molar-refractivity contribution in [2.45, 2.75) is 72.4 Å². The summed E-state index contributed by atoms with van der Waals surface area (Å²) in [6.07, 6.45) is 0.921. The van der Waals surface area contributed by atoms with E-state index < -0.39 is 41.0 Å². The Labute approximate surface area is 225 Å². The average Bonchev–Trinajstić information content (AvgIpc) is 3.31. The van der Waals surface area contributed by atoms with E-state index in [0.29, 0.717) is 17.1 Å². The number of imidazole rings is 1. The van der Waals surface area contributed by atoms with Crippen LogP contribution in [0.25, 0.3) is 16.9 Å². The first-order valence-electron chi connectivity index (χ1n) is 13.0. The molecule has 0 spiro atoms. The van der Waals surface area contributed by atoms with Gasteiger partial charge < -0.3 is 5.32 Å². The van der Waals surface area contributed by atoms with Crippen molar-refractivity contribution in [2.75, 3.05) is 5.32 Å². The molecule has 2 N–H and O–H groups in total. The summed E-state index contributed by atoms with van der Waals surface area (Å²) in [7, 11) is 0. The molecule has 1 saturated heterocycles. The lowest BCUT2D eigenvalue weighted by molar-refractivity contribution is -0.136. The first-order valence-corrected chi connectivity index (χ1v) is 13.0.